The third-order valence-corrected chi connectivity index (χ3v) is 2.39. The highest BCUT2D eigenvalue weighted by molar-refractivity contribution is 5.85. The quantitative estimate of drug-likeness (QED) is 0.698. The molecule has 1 rings (SSSR count). The van der Waals surface area contributed by atoms with E-state index in [0.29, 0.717) is 13.0 Å². The van der Waals surface area contributed by atoms with Crippen molar-refractivity contribution in [3.63, 3.8) is 0 Å². The van der Waals surface area contributed by atoms with Gasteiger partial charge >= 0.3 is 11.9 Å². The molecule has 0 aromatic carbocycles. The lowest BCUT2D eigenvalue weighted by Gasteiger charge is -2.24. The molecule has 1 fully saturated rings. The first-order valence-corrected chi connectivity index (χ1v) is 5.39. The van der Waals surface area contributed by atoms with Crippen molar-refractivity contribution in [3.8, 4) is 0 Å². The molecule has 0 radical (unpaired) electrons. The van der Waals surface area contributed by atoms with Gasteiger partial charge in [0.1, 0.15) is 11.6 Å². The number of carbonyl (C=O) groups is 2. The lowest BCUT2D eigenvalue weighted by molar-refractivity contribution is -0.162. The van der Waals surface area contributed by atoms with Crippen LogP contribution in [0.15, 0.2) is 0 Å². The molecule has 5 nitrogen and oxygen atoms in total. The van der Waals surface area contributed by atoms with E-state index in [2.05, 4.69) is 10.1 Å². The van der Waals surface area contributed by atoms with Crippen LogP contribution < -0.4 is 5.32 Å². The molecule has 1 saturated heterocycles. The smallest absolute Gasteiger partial charge is 0.324 e. The van der Waals surface area contributed by atoms with Crippen LogP contribution in [0.2, 0.25) is 0 Å². The first-order chi connectivity index (χ1) is 7.35. The second-order valence-corrected chi connectivity index (χ2v) is 4.88. The van der Waals surface area contributed by atoms with Gasteiger partial charge in [0.25, 0.3) is 0 Å². The minimum absolute atomic E-state index is 0.360. The van der Waals surface area contributed by atoms with Crippen molar-refractivity contribution in [3.05, 3.63) is 0 Å². The fraction of sp³-hybridized carbons (Fsp3) is 0.818. The summed E-state index contributed by atoms with van der Waals surface area (Å²) in [7, 11) is 1.33. The molecule has 0 aromatic rings. The summed E-state index contributed by atoms with van der Waals surface area (Å²) >= 11 is 0. The number of esters is 2. The normalized spacial score (nSPS) is 25.2. The number of nitrogens with one attached hydrogen (secondary N) is 1. The van der Waals surface area contributed by atoms with E-state index in [1.807, 2.05) is 0 Å². The second kappa shape index (κ2) is 4.82. The van der Waals surface area contributed by atoms with Crippen LogP contribution in [0.3, 0.4) is 0 Å². The van der Waals surface area contributed by atoms with E-state index in [4.69, 9.17) is 4.74 Å². The van der Waals surface area contributed by atoms with E-state index in [1.54, 1.807) is 20.8 Å². The summed E-state index contributed by atoms with van der Waals surface area (Å²) in [5.41, 5.74) is -0.540. The lowest BCUT2D eigenvalue weighted by atomic mass is 10.0. The van der Waals surface area contributed by atoms with Crippen LogP contribution in [0, 0.1) is 5.92 Å². The summed E-state index contributed by atoms with van der Waals surface area (Å²) in [5.74, 6) is -1.18. The van der Waals surface area contributed by atoms with Gasteiger partial charge in [0, 0.05) is 0 Å². The van der Waals surface area contributed by atoms with Crippen molar-refractivity contribution < 1.29 is 19.1 Å². The van der Waals surface area contributed by atoms with Crippen molar-refractivity contribution in [2.75, 3.05) is 13.7 Å². The Morgan fingerprint density at radius 2 is 1.88 bits per heavy atom. The Balaban J connectivity index is 2.65. The van der Waals surface area contributed by atoms with Crippen molar-refractivity contribution in [2.24, 2.45) is 5.92 Å². The van der Waals surface area contributed by atoms with Gasteiger partial charge in [0.05, 0.1) is 13.0 Å². The number of hydrogen-bond donors (Lipinski definition) is 1. The number of ether oxygens (including phenoxy) is 2. The molecule has 0 saturated carbocycles. The molecule has 0 unspecified atom stereocenters. The SMILES string of the molecule is COC(=O)[C@@H]1CCN[C@@H]1C(=O)OC(C)(C)C. The summed E-state index contributed by atoms with van der Waals surface area (Å²) in [4.78, 5) is 23.2. The van der Waals surface area contributed by atoms with E-state index < -0.39 is 17.6 Å². The highest BCUT2D eigenvalue weighted by atomic mass is 16.6. The van der Waals surface area contributed by atoms with Crippen LogP contribution in [-0.2, 0) is 19.1 Å². The largest absolute Gasteiger partial charge is 0.469 e. The van der Waals surface area contributed by atoms with E-state index in [1.165, 1.54) is 7.11 Å². The molecule has 2 atom stereocenters. The third-order valence-electron chi connectivity index (χ3n) is 2.39. The van der Waals surface area contributed by atoms with Crippen LogP contribution in [-0.4, -0.2) is 37.2 Å². The molecule has 0 aromatic heterocycles. The molecule has 0 spiro atoms. The zero-order chi connectivity index (χ0) is 12.3. The molecular weight excluding hydrogens is 210 g/mol. The van der Waals surface area contributed by atoms with Crippen molar-refractivity contribution in [1.82, 2.24) is 5.32 Å². The Morgan fingerprint density at radius 3 is 2.38 bits per heavy atom. The van der Waals surface area contributed by atoms with Gasteiger partial charge in [0.2, 0.25) is 0 Å². The number of hydrogen-bond acceptors (Lipinski definition) is 5. The molecule has 0 bridgehead atoms. The summed E-state index contributed by atoms with van der Waals surface area (Å²) in [6.07, 6.45) is 0.608. The maximum Gasteiger partial charge on any atom is 0.324 e. The maximum atomic E-state index is 11.8. The van der Waals surface area contributed by atoms with E-state index in [9.17, 15) is 9.59 Å². The predicted octanol–water partition coefficient (Wildman–Crippen LogP) is 0.479. The monoisotopic (exact) mass is 229 g/mol. The highest BCUT2D eigenvalue weighted by Gasteiger charge is 2.40. The first kappa shape index (κ1) is 13.0. The summed E-state index contributed by atoms with van der Waals surface area (Å²) in [5, 5.41) is 2.97. The standard InChI is InChI=1S/C11H19NO4/c1-11(2,3)16-10(14)8-7(5-6-12-8)9(13)15-4/h7-8,12H,5-6H2,1-4H3/t7-,8+/m1/s1. The van der Waals surface area contributed by atoms with E-state index >= 15 is 0 Å². The molecule has 0 amide bonds. The van der Waals surface area contributed by atoms with Crippen molar-refractivity contribution >= 4 is 11.9 Å². The topological polar surface area (TPSA) is 64.6 Å². The van der Waals surface area contributed by atoms with Crippen LogP contribution in [0.25, 0.3) is 0 Å². The average molecular weight is 229 g/mol. The van der Waals surface area contributed by atoms with Gasteiger partial charge in [-0.1, -0.05) is 0 Å². The minimum atomic E-state index is -0.577. The Bertz CT molecular complexity index is 282. The van der Waals surface area contributed by atoms with Gasteiger partial charge in [-0.3, -0.25) is 9.59 Å². The van der Waals surface area contributed by atoms with Crippen LogP contribution in [0.5, 0.6) is 0 Å². The first-order valence-electron chi connectivity index (χ1n) is 5.39. The molecule has 1 aliphatic rings. The van der Waals surface area contributed by atoms with Gasteiger partial charge in [-0.15, -0.1) is 0 Å². The zero-order valence-electron chi connectivity index (χ0n) is 10.2. The van der Waals surface area contributed by atoms with Crippen LogP contribution >= 0.6 is 0 Å². The number of rotatable bonds is 2. The fourth-order valence-corrected chi connectivity index (χ4v) is 1.72. The van der Waals surface area contributed by atoms with Gasteiger partial charge in [-0.05, 0) is 33.7 Å². The van der Waals surface area contributed by atoms with Gasteiger partial charge < -0.3 is 14.8 Å². The van der Waals surface area contributed by atoms with Gasteiger partial charge in [-0.25, -0.2) is 0 Å². The van der Waals surface area contributed by atoms with Gasteiger partial charge in [0.15, 0.2) is 0 Å². The molecular formula is C11H19NO4. The number of carbonyl (C=O) groups excluding carboxylic acids is 2. The van der Waals surface area contributed by atoms with Gasteiger partial charge in [-0.2, -0.15) is 0 Å². The molecule has 0 aliphatic carbocycles. The Morgan fingerprint density at radius 1 is 1.25 bits per heavy atom. The highest BCUT2D eigenvalue weighted by Crippen LogP contribution is 2.20. The maximum absolute atomic E-state index is 11.8. The molecule has 1 heterocycles. The molecule has 92 valence electrons. The minimum Gasteiger partial charge on any atom is -0.469 e. The summed E-state index contributed by atoms with van der Waals surface area (Å²) in [6, 6.07) is -0.577. The molecule has 5 heteroatoms. The van der Waals surface area contributed by atoms with E-state index in [-0.39, 0.29) is 11.9 Å². The molecule has 1 N–H and O–H groups in total. The summed E-state index contributed by atoms with van der Waals surface area (Å²) < 4.78 is 9.90. The predicted molar refractivity (Wildman–Crippen MR) is 57.8 cm³/mol. The van der Waals surface area contributed by atoms with Crippen LogP contribution in [0.4, 0.5) is 0 Å². The Kier molecular flexibility index (Phi) is 3.91. The molecule has 1 aliphatic heterocycles. The number of methoxy groups -OCH3 is 1. The summed E-state index contributed by atoms with van der Waals surface area (Å²) in [6.45, 7) is 6.02. The Hall–Kier alpha value is -1.10. The fourth-order valence-electron chi connectivity index (χ4n) is 1.72. The average Bonchev–Trinajstić information content (AvgIpc) is 2.62. The Labute approximate surface area is 95.5 Å². The molecule has 16 heavy (non-hydrogen) atoms. The second-order valence-electron chi connectivity index (χ2n) is 4.88. The van der Waals surface area contributed by atoms with Crippen molar-refractivity contribution in [1.29, 1.82) is 0 Å². The lowest BCUT2D eigenvalue weighted by Crippen LogP contribution is -2.43. The van der Waals surface area contributed by atoms with Crippen LogP contribution in [0.1, 0.15) is 27.2 Å². The van der Waals surface area contributed by atoms with E-state index in [0.717, 1.165) is 0 Å². The van der Waals surface area contributed by atoms with Crippen molar-refractivity contribution in [2.45, 2.75) is 38.8 Å². The zero-order valence-corrected chi connectivity index (χ0v) is 10.2. The third kappa shape index (κ3) is 3.20.